The van der Waals surface area contributed by atoms with E-state index in [0.29, 0.717) is 0 Å². The predicted octanol–water partition coefficient (Wildman–Crippen LogP) is 3.15. The third-order valence-corrected chi connectivity index (χ3v) is 0.586. The van der Waals surface area contributed by atoms with Crippen LogP contribution in [0.4, 0.5) is 0 Å². The van der Waals surface area contributed by atoms with Gasteiger partial charge in [-0.05, 0) is 0 Å². The molecule has 65 valence electrons. The van der Waals surface area contributed by atoms with E-state index >= 15 is 0 Å². The molecule has 0 nitrogen and oxygen atoms in total. The second kappa shape index (κ2) is 22.6. The number of hydrogen-bond acceptors (Lipinski definition) is 0. The van der Waals surface area contributed by atoms with E-state index in [9.17, 15) is 0 Å². The van der Waals surface area contributed by atoms with Crippen LogP contribution in [-0.4, -0.2) is 0 Å². The molecule has 1 heteroatoms. The Hall–Kier alpha value is -0.416. The third-order valence-electron chi connectivity index (χ3n) is 0.586. The van der Waals surface area contributed by atoms with Crippen molar-refractivity contribution >= 4 is 0 Å². The van der Waals surface area contributed by atoms with Crippen molar-refractivity contribution in [3.63, 3.8) is 0 Å². The average molecular weight is 194 g/mol. The Morgan fingerprint density at radius 2 is 2.00 bits per heavy atom. The van der Waals surface area contributed by atoms with Crippen molar-refractivity contribution in [1.29, 1.82) is 0 Å². The Bertz CT molecular complexity index is 91.4. The van der Waals surface area contributed by atoms with Crippen LogP contribution < -0.4 is 0 Å². The summed E-state index contributed by atoms with van der Waals surface area (Å²) in [6, 6.07) is 0. The molecule has 0 N–H and O–H groups in total. The van der Waals surface area contributed by atoms with Gasteiger partial charge in [-0.2, -0.15) is 13.0 Å². The molecule has 0 saturated heterocycles. The van der Waals surface area contributed by atoms with E-state index in [2.05, 4.69) is 32.6 Å². The fourth-order valence-corrected chi connectivity index (χ4v) is 0.340. The summed E-state index contributed by atoms with van der Waals surface area (Å²) < 4.78 is 0. The van der Waals surface area contributed by atoms with Gasteiger partial charge in [-0.3, -0.25) is 6.08 Å². The molecule has 1 rings (SSSR count). The van der Waals surface area contributed by atoms with Gasteiger partial charge < -0.3 is 6.92 Å². The van der Waals surface area contributed by atoms with Gasteiger partial charge in [-0.1, -0.05) is 0 Å². The third kappa shape index (κ3) is 26.2. The van der Waals surface area contributed by atoms with Crippen LogP contribution in [0.25, 0.3) is 0 Å². The van der Waals surface area contributed by atoms with Gasteiger partial charge >= 0.3 is 16.5 Å². The minimum Gasteiger partial charge on any atom is -0.346 e. The summed E-state index contributed by atoms with van der Waals surface area (Å²) >= 11 is 0. The molecule has 1 aliphatic carbocycles. The number of hydrogen-bond donors (Lipinski definition) is 0. The molecule has 0 atom stereocenters. The summed E-state index contributed by atoms with van der Waals surface area (Å²) in [7, 11) is 0. The van der Waals surface area contributed by atoms with Crippen molar-refractivity contribution in [2.45, 2.75) is 13.3 Å². The van der Waals surface area contributed by atoms with E-state index in [0.717, 1.165) is 6.42 Å². The van der Waals surface area contributed by atoms with Crippen LogP contribution in [0.15, 0.2) is 30.9 Å². The molecule has 0 aromatic heterocycles. The molecule has 0 heterocycles. The molecule has 1 aliphatic rings. The van der Waals surface area contributed by atoms with E-state index in [1.807, 2.05) is 12.2 Å². The molecule has 0 spiro atoms. The number of allylic oxidation sites excluding steroid dienone is 5. The maximum absolute atomic E-state index is 3.25. The Kier molecular flexibility index (Phi) is 34.8. The van der Waals surface area contributed by atoms with Crippen molar-refractivity contribution in [1.82, 2.24) is 0 Å². The van der Waals surface area contributed by atoms with Crippen molar-refractivity contribution < 1.29 is 16.5 Å². The minimum atomic E-state index is 0. The first-order valence-electron chi connectivity index (χ1n) is 3.24. The van der Waals surface area contributed by atoms with Gasteiger partial charge in [-0.15, -0.1) is 6.42 Å². The van der Waals surface area contributed by atoms with Gasteiger partial charge in [-0.25, -0.2) is 31.7 Å². The van der Waals surface area contributed by atoms with Crippen LogP contribution in [-0.2, 0) is 16.5 Å². The van der Waals surface area contributed by atoms with Gasteiger partial charge in [0.25, 0.3) is 0 Å². The zero-order chi connectivity index (χ0) is 8.24. The van der Waals surface area contributed by atoms with Gasteiger partial charge in [0.1, 0.15) is 0 Å². The topological polar surface area (TPSA) is 0 Å². The minimum absolute atomic E-state index is 0. The van der Waals surface area contributed by atoms with Crippen molar-refractivity contribution in [3.8, 4) is 0 Å². The van der Waals surface area contributed by atoms with Crippen molar-refractivity contribution in [2.75, 3.05) is 0 Å². The molecule has 0 bridgehead atoms. The van der Waals surface area contributed by atoms with E-state index in [4.69, 9.17) is 0 Å². The quantitative estimate of drug-likeness (QED) is 0.410. The normalized spacial score (nSPS) is 9.64. The van der Waals surface area contributed by atoms with Crippen LogP contribution in [0, 0.1) is 19.9 Å². The smallest absolute Gasteiger partial charge is 0.346 e. The van der Waals surface area contributed by atoms with E-state index in [-0.39, 0.29) is 16.5 Å². The molecule has 0 unspecified atom stereocenters. The fraction of sp³-hybridized carbons (Fsp3) is 0.200. The fourth-order valence-electron chi connectivity index (χ4n) is 0.340. The molecule has 0 aliphatic heterocycles. The van der Waals surface area contributed by atoms with Crippen LogP contribution in [0.2, 0.25) is 0 Å². The molecule has 11 heavy (non-hydrogen) atoms. The SMILES string of the molecule is C=C[CH2-].[C-]1=CC=CC1.[CH2-]C.[Ni+3]. The Balaban J connectivity index is -0.0000000956. The van der Waals surface area contributed by atoms with E-state index < -0.39 is 0 Å². The largest absolute Gasteiger partial charge is 3.00 e. The van der Waals surface area contributed by atoms with E-state index in [1.165, 1.54) is 6.08 Å². The summed E-state index contributed by atoms with van der Waals surface area (Å²) in [6.07, 6.45) is 11.5. The summed E-state index contributed by atoms with van der Waals surface area (Å²) in [5.41, 5.74) is 0. The van der Waals surface area contributed by atoms with Gasteiger partial charge in [0.2, 0.25) is 0 Å². The summed E-state index contributed by atoms with van der Waals surface area (Å²) in [5, 5.41) is 0. The molecular formula is C10H15Ni. The molecule has 0 aromatic carbocycles. The monoisotopic (exact) mass is 193 g/mol. The summed E-state index contributed by atoms with van der Waals surface area (Å²) in [5.74, 6) is 0. The maximum Gasteiger partial charge on any atom is 3.00 e. The number of rotatable bonds is 0. The second-order valence-electron chi connectivity index (χ2n) is 1.29. The first kappa shape index (κ1) is 16.9. The predicted molar refractivity (Wildman–Crippen MR) is 48.2 cm³/mol. The Labute approximate surface area is 81.0 Å². The molecule has 0 amide bonds. The van der Waals surface area contributed by atoms with Crippen LogP contribution in [0.5, 0.6) is 0 Å². The van der Waals surface area contributed by atoms with E-state index in [1.54, 1.807) is 6.92 Å². The summed E-state index contributed by atoms with van der Waals surface area (Å²) in [6.45, 7) is 11.5. The first-order valence-corrected chi connectivity index (χ1v) is 3.24. The van der Waals surface area contributed by atoms with Crippen LogP contribution in [0.3, 0.4) is 0 Å². The second-order valence-corrected chi connectivity index (χ2v) is 1.29. The zero-order valence-corrected chi connectivity index (χ0v) is 7.94. The molecular weight excluding hydrogens is 179 g/mol. The molecule has 1 radical (unpaired) electrons. The van der Waals surface area contributed by atoms with Gasteiger partial charge in [0, 0.05) is 0 Å². The zero-order valence-electron chi connectivity index (χ0n) is 6.95. The van der Waals surface area contributed by atoms with Gasteiger partial charge in [0.15, 0.2) is 0 Å². The molecule has 0 fully saturated rings. The first-order chi connectivity index (χ1) is 4.91. The Morgan fingerprint density at radius 3 is 2.09 bits per heavy atom. The van der Waals surface area contributed by atoms with Crippen molar-refractivity contribution in [2.24, 2.45) is 0 Å². The Morgan fingerprint density at radius 1 is 1.55 bits per heavy atom. The van der Waals surface area contributed by atoms with Crippen LogP contribution >= 0.6 is 0 Å². The molecule has 0 aromatic rings. The maximum atomic E-state index is 3.25. The van der Waals surface area contributed by atoms with Crippen molar-refractivity contribution in [3.05, 3.63) is 50.8 Å². The molecule has 0 saturated carbocycles. The average Bonchev–Trinajstić information content (AvgIpc) is 2.48. The summed E-state index contributed by atoms with van der Waals surface area (Å²) in [4.78, 5) is 0. The van der Waals surface area contributed by atoms with Crippen LogP contribution in [0.1, 0.15) is 13.3 Å². The standard InChI is InChI=1S/C5H5.C3H5.C2H5.Ni/c1-2-4-5-3-1;1-3-2;1-2;/h1-3H,4H2;3H,1-2H2;1H2,2H3;/q3*-1;+3. The van der Waals surface area contributed by atoms with Gasteiger partial charge in [0.05, 0.1) is 0 Å².